The topological polar surface area (TPSA) is 89.3 Å². The normalized spacial score (nSPS) is 11.4. The van der Waals surface area contributed by atoms with Gasteiger partial charge in [0.25, 0.3) is 5.56 Å². The molecule has 28 heavy (non-hydrogen) atoms. The van der Waals surface area contributed by atoms with Gasteiger partial charge in [0.1, 0.15) is 5.56 Å². The summed E-state index contributed by atoms with van der Waals surface area (Å²) in [6.07, 6.45) is 1.90. The number of nitrogens with zero attached hydrogens (tertiary/aromatic N) is 3. The first-order valence-electron chi connectivity index (χ1n) is 9.07. The Kier molecular flexibility index (Phi) is 6.16. The van der Waals surface area contributed by atoms with Crippen LogP contribution in [0.2, 0.25) is 0 Å². The second-order valence-corrected chi connectivity index (χ2v) is 6.24. The Bertz CT molecular complexity index is 1020. The molecule has 0 aliphatic rings. The monoisotopic (exact) mass is 378 g/mol. The van der Waals surface area contributed by atoms with Crippen LogP contribution >= 0.6 is 0 Å². The number of aromatic nitrogens is 3. The second kappa shape index (κ2) is 8.94. The van der Waals surface area contributed by atoms with Crippen molar-refractivity contribution >= 4 is 11.7 Å². The second-order valence-electron chi connectivity index (χ2n) is 6.24. The number of benzene rings is 1. The van der Waals surface area contributed by atoms with Crippen LogP contribution in [0.25, 0.3) is 0 Å². The Morgan fingerprint density at radius 2 is 1.93 bits per heavy atom. The van der Waals surface area contributed by atoms with Crippen LogP contribution < -0.4 is 10.3 Å². The Balaban J connectivity index is 1.94. The third kappa shape index (κ3) is 4.62. The summed E-state index contributed by atoms with van der Waals surface area (Å²) in [5.74, 6) is -0.304. The highest BCUT2D eigenvalue weighted by Crippen LogP contribution is 2.15. The number of carbonyl (C=O) groups excluding carboxylic acids is 1. The van der Waals surface area contributed by atoms with E-state index in [9.17, 15) is 9.59 Å². The first-order chi connectivity index (χ1) is 13.6. The standard InChI is InChI=1S/C21H22N4O3/c1-3-18(26)28-20-19(15(2)23-13-17-11-7-8-12-22-17)21(27)25(24-20)14-16-9-5-4-6-10-16/h4-12,24H,3,13-14H2,1-2H3. The third-order valence-corrected chi connectivity index (χ3v) is 4.18. The van der Waals surface area contributed by atoms with Crippen molar-refractivity contribution in [1.29, 1.82) is 0 Å². The first-order valence-corrected chi connectivity index (χ1v) is 9.07. The Labute approximate surface area is 162 Å². The molecule has 7 nitrogen and oxygen atoms in total. The van der Waals surface area contributed by atoms with E-state index in [-0.39, 0.29) is 23.4 Å². The fourth-order valence-corrected chi connectivity index (χ4v) is 2.69. The molecule has 3 aromatic rings. The Hall–Kier alpha value is -3.48. The van der Waals surface area contributed by atoms with E-state index in [0.717, 1.165) is 11.3 Å². The molecule has 0 fully saturated rings. The molecule has 144 valence electrons. The maximum atomic E-state index is 13.0. The molecule has 1 aromatic carbocycles. The summed E-state index contributed by atoms with van der Waals surface area (Å²) >= 11 is 0. The summed E-state index contributed by atoms with van der Waals surface area (Å²) in [6.45, 7) is 4.09. The number of H-pyrrole nitrogens is 1. The number of ether oxygens (including phenoxy) is 1. The molecular weight excluding hydrogens is 356 g/mol. The molecule has 0 spiro atoms. The SMILES string of the molecule is CCC(=O)Oc1[nH]n(Cc2ccccc2)c(=O)c1C(C)=NCc1ccccn1. The largest absolute Gasteiger partial charge is 0.407 e. The average Bonchev–Trinajstić information content (AvgIpc) is 3.02. The van der Waals surface area contributed by atoms with Crippen molar-refractivity contribution in [1.82, 2.24) is 14.8 Å². The maximum Gasteiger partial charge on any atom is 0.312 e. The molecule has 0 saturated heterocycles. The molecule has 0 amide bonds. The van der Waals surface area contributed by atoms with Gasteiger partial charge in [0.2, 0.25) is 5.88 Å². The number of hydrogen-bond acceptors (Lipinski definition) is 5. The van der Waals surface area contributed by atoms with E-state index in [1.54, 1.807) is 20.0 Å². The van der Waals surface area contributed by atoms with Crippen molar-refractivity contribution in [3.63, 3.8) is 0 Å². The summed E-state index contributed by atoms with van der Waals surface area (Å²) in [4.78, 5) is 33.5. The van der Waals surface area contributed by atoms with Crippen molar-refractivity contribution < 1.29 is 9.53 Å². The molecule has 0 unspecified atom stereocenters. The number of rotatable bonds is 7. The summed E-state index contributed by atoms with van der Waals surface area (Å²) in [6, 6.07) is 15.1. The molecule has 2 aromatic heterocycles. The van der Waals surface area contributed by atoms with E-state index < -0.39 is 5.97 Å². The van der Waals surface area contributed by atoms with Gasteiger partial charge in [-0.3, -0.25) is 24.7 Å². The van der Waals surface area contributed by atoms with E-state index in [4.69, 9.17) is 4.74 Å². The molecule has 0 radical (unpaired) electrons. The van der Waals surface area contributed by atoms with Crippen molar-refractivity contribution in [3.8, 4) is 5.88 Å². The zero-order valence-electron chi connectivity index (χ0n) is 15.9. The molecule has 1 N–H and O–H groups in total. The van der Waals surface area contributed by atoms with Gasteiger partial charge in [-0.1, -0.05) is 43.3 Å². The molecule has 0 bridgehead atoms. The number of hydrogen-bond donors (Lipinski definition) is 1. The quantitative estimate of drug-likeness (QED) is 0.506. The summed E-state index contributed by atoms with van der Waals surface area (Å²) < 4.78 is 6.77. The van der Waals surface area contributed by atoms with Gasteiger partial charge in [0.05, 0.1) is 24.5 Å². The lowest BCUT2D eigenvalue weighted by Crippen LogP contribution is -2.21. The van der Waals surface area contributed by atoms with Crippen LogP contribution in [0.15, 0.2) is 64.5 Å². The van der Waals surface area contributed by atoms with Crippen molar-refractivity contribution in [2.24, 2.45) is 4.99 Å². The third-order valence-electron chi connectivity index (χ3n) is 4.18. The molecular formula is C21H22N4O3. The average molecular weight is 378 g/mol. The number of pyridine rings is 1. The number of carbonyl (C=O) groups is 1. The molecule has 3 rings (SSSR count). The fraction of sp³-hybridized carbons (Fsp3) is 0.238. The van der Waals surface area contributed by atoms with Crippen molar-refractivity contribution in [3.05, 3.63) is 81.9 Å². The smallest absolute Gasteiger partial charge is 0.312 e. The lowest BCUT2D eigenvalue weighted by Gasteiger charge is -2.03. The van der Waals surface area contributed by atoms with Gasteiger partial charge in [0.15, 0.2) is 0 Å². The number of nitrogens with one attached hydrogen (secondary N) is 1. The zero-order valence-corrected chi connectivity index (χ0v) is 15.9. The molecule has 0 saturated carbocycles. The predicted octanol–water partition coefficient (Wildman–Crippen LogP) is 2.94. The van der Waals surface area contributed by atoms with Gasteiger partial charge in [-0.15, -0.1) is 0 Å². The minimum atomic E-state index is -0.424. The van der Waals surface area contributed by atoms with Crippen LogP contribution in [0, 0.1) is 0 Å². The van der Waals surface area contributed by atoms with Gasteiger partial charge in [-0.05, 0) is 24.6 Å². The number of aliphatic imine (C=N–C) groups is 1. The van der Waals surface area contributed by atoms with Crippen LogP contribution in [0.4, 0.5) is 0 Å². The van der Waals surface area contributed by atoms with Crippen molar-refractivity contribution in [2.75, 3.05) is 0 Å². The van der Waals surface area contributed by atoms with Crippen LogP contribution in [0.5, 0.6) is 5.88 Å². The summed E-state index contributed by atoms with van der Waals surface area (Å²) in [7, 11) is 0. The first kappa shape index (κ1) is 19.3. The van der Waals surface area contributed by atoms with Gasteiger partial charge in [0, 0.05) is 12.6 Å². The molecule has 7 heteroatoms. The fourth-order valence-electron chi connectivity index (χ4n) is 2.69. The highest BCUT2D eigenvalue weighted by Gasteiger charge is 2.20. The molecule has 0 atom stereocenters. The lowest BCUT2D eigenvalue weighted by atomic mass is 10.2. The van der Waals surface area contributed by atoms with Gasteiger partial charge in [-0.25, -0.2) is 4.68 Å². The van der Waals surface area contributed by atoms with Crippen molar-refractivity contribution in [2.45, 2.75) is 33.4 Å². The Morgan fingerprint density at radius 3 is 2.61 bits per heavy atom. The van der Waals surface area contributed by atoms with E-state index in [1.807, 2.05) is 48.5 Å². The van der Waals surface area contributed by atoms with Gasteiger partial charge >= 0.3 is 5.97 Å². The maximum absolute atomic E-state index is 13.0. The van der Waals surface area contributed by atoms with Crippen LogP contribution in [0.3, 0.4) is 0 Å². The highest BCUT2D eigenvalue weighted by atomic mass is 16.5. The predicted molar refractivity (Wildman–Crippen MR) is 107 cm³/mol. The summed E-state index contributed by atoms with van der Waals surface area (Å²) in [5, 5.41) is 2.91. The number of aromatic amines is 1. The molecule has 0 aliphatic heterocycles. The minimum Gasteiger partial charge on any atom is -0.407 e. The van der Waals surface area contributed by atoms with Crippen LogP contribution in [-0.2, 0) is 17.9 Å². The summed E-state index contributed by atoms with van der Waals surface area (Å²) in [5.41, 5.74) is 2.19. The van der Waals surface area contributed by atoms with Gasteiger partial charge < -0.3 is 4.74 Å². The number of esters is 1. The van der Waals surface area contributed by atoms with E-state index >= 15 is 0 Å². The van der Waals surface area contributed by atoms with E-state index in [2.05, 4.69) is 15.1 Å². The van der Waals surface area contributed by atoms with E-state index in [1.165, 1.54) is 4.68 Å². The van der Waals surface area contributed by atoms with Crippen LogP contribution in [0.1, 0.15) is 37.1 Å². The highest BCUT2D eigenvalue weighted by molar-refractivity contribution is 6.00. The lowest BCUT2D eigenvalue weighted by molar-refractivity contribution is -0.134. The molecule has 0 aliphatic carbocycles. The van der Waals surface area contributed by atoms with Crippen LogP contribution in [-0.4, -0.2) is 26.4 Å². The van der Waals surface area contributed by atoms with Gasteiger partial charge in [-0.2, -0.15) is 0 Å². The Morgan fingerprint density at radius 1 is 1.18 bits per heavy atom. The minimum absolute atomic E-state index is 0.120. The zero-order chi connectivity index (χ0) is 19.9. The van der Waals surface area contributed by atoms with E-state index in [0.29, 0.717) is 18.8 Å². The molecule has 2 heterocycles.